The fraction of sp³-hybridized carbons (Fsp3) is 0.600. The van der Waals surface area contributed by atoms with Crippen molar-refractivity contribution in [2.24, 2.45) is 0 Å². The van der Waals surface area contributed by atoms with E-state index in [9.17, 15) is 17.9 Å². The molecular formula is C15H20FNO3S. The summed E-state index contributed by atoms with van der Waals surface area (Å²) >= 11 is 0. The molecule has 1 saturated heterocycles. The Morgan fingerprint density at radius 1 is 1.19 bits per heavy atom. The van der Waals surface area contributed by atoms with Crippen molar-refractivity contribution >= 4 is 9.84 Å². The monoisotopic (exact) mass is 313 g/mol. The highest BCUT2D eigenvalue weighted by Gasteiger charge is 2.40. The lowest BCUT2D eigenvalue weighted by atomic mass is 10.1. The summed E-state index contributed by atoms with van der Waals surface area (Å²) in [6.45, 7) is 0.413. The van der Waals surface area contributed by atoms with Crippen molar-refractivity contribution in [2.75, 3.05) is 18.1 Å². The Bertz CT molecular complexity index is 598. The van der Waals surface area contributed by atoms with Gasteiger partial charge in [-0.05, 0) is 37.0 Å². The van der Waals surface area contributed by atoms with E-state index in [1.54, 1.807) is 12.1 Å². The summed E-state index contributed by atoms with van der Waals surface area (Å²) in [6, 6.07) is 6.23. The Morgan fingerprint density at radius 3 is 2.38 bits per heavy atom. The number of rotatable bonds is 5. The van der Waals surface area contributed by atoms with Gasteiger partial charge in [-0.2, -0.15) is 0 Å². The molecule has 1 heterocycles. The highest BCUT2D eigenvalue weighted by atomic mass is 32.2. The third kappa shape index (κ3) is 3.62. The average Bonchev–Trinajstić information content (AvgIpc) is 3.20. The van der Waals surface area contributed by atoms with Crippen LogP contribution in [0.2, 0.25) is 0 Å². The molecule has 116 valence electrons. The van der Waals surface area contributed by atoms with Gasteiger partial charge in [0.2, 0.25) is 0 Å². The molecule has 2 unspecified atom stereocenters. The molecule has 0 amide bonds. The second-order valence-electron chi connectivity index (χ2n) is 6.05. The van der Waals surface area contributed by atoms with Gasteiger partial charge < -0.3 is 5.11 Å². The van der Waals surface area contributed by atoms with E-state index in [0.717, 1.165) is 12.8 Å². The highest BCUT2D eigenvalue weighted by Crippen LogP contribution is 2.33. The number of hydrogen-bond acceptors (Lipinski definition) is 4. The van der Waals surface area contributed by atoms with E-state index in [0.29, 0.717) is 24.6 Å². The number of aliphatic hydroxyl groups is 1. The van der Waals surface area contributed by atoms with Crippen LogP contribution in [-0.4, -0.2) is 48.6 Å². The van der Waals surface area contributed by atoms with Crippen LogP contribution in [0.15, 0.2) is 24.3 Å². The molecule has 1 saturated carbocycles. The zero-order valence-electron chi connectivity index (χ0n) is 11.8. The van der Waals surface area contributed by atoms with Crippen LogP contribution in [0, 0.1) is 5.82 Å². The van der Waals surface area contributed by atoms with Crippen LogP contribution >= 0.6 is 0 Å². The van der Waals surface area contributed by atoms with Gasteiger partial charge in [-0.15, -0.1) is 0 Å². The number of benzene rings is 1. The van der Waals surface area contributed by atoms with Crippen molar-refractivity contribution in [3.63, 3.8) is 0 Å². The van der Waals surface area contributed by atoms with Crippen molar-refractivity contribution < 1.29 is 17.9 Å². The number of hydrogen-bond donors (Lipinski definition) is 1. The van der Waals surface area contributed by atoms with Crippen LogP contribution in [0.1, 0.15) is 30.9 Å². The van der Waals surface area contributed by atoms with Crippen LogP contribution in [-0.2, 0) is 9.84 Å². The van der Waals surface area contributed by atoms with Gasteiger partial charge in [-0.25, -0.2) is 12.8 Å². The molecule has 0 spiro atoms. The van der Waals surface area contributed by atoms with E-state index in [4.69, 9.17) is 0 Å². The summed E-state index contributed by atoms with van der Waals surface area (Å²) in [7, 11) is -2.93. The zero-order chi connectivity index (χ0) is 15.0. The topological polar surface area (TPSA) is 57.6 Å². The van der Waals surface area contributed by atoms with Gasteiger partial charge in [0.1, 0.15) is 5.82 Å². The van der Waals surface area contributed by atoms with E-state index < -0.39 is 15.9 Å². The Labute approximate surface area is 124 Å². The summed E-state index contributed by atoms with van der Waals surface area (Å²) in [4.78, 5) is 2.14. The molecule has 21 heavy (non-hydrogen) atoms. The summed E-state index contributed by atoms with van der Waals surface area (Å²) < 4.78 is 36.2. The number of aliphatic hydroxyl groups excluding tert-OH is 1. The predicted octanol–water partition coefficient (Wildman–Crippen LogP) is 1.51. The zero-order valence-corrected chi connectivity index (χ0v) is 12.6. The summed E-state index contributed by atoms with van der Waals surface area (Å²) in [6.07, 6.45) is 2.06. The van der Waals surface area contributed by atoms with Crippen LogP contribution in [0.4, 0.5) is 4.39 Å². The Kier molecular flexibility index (Phi) is 4.03. The quantitative estimate of drug-likeness (QED) is 0.895. The first-order valence-corrected chi connectivity index (χ1v) is 9.16. The first-order chi connectivity index (χ1) is 9.94. The molecule has 0 radical (unpaired) electrons. The van der Waals surface area contributed by atoms with Gasteiger partial charge in [-0.1, -0.05) is 12.1 Å². The maximum atomic E-state index is 12.9. The average molecular weight is 313 g/mol. The van der Waals surface area contributed by atoms with Gasteiger partial charge in [0, 0.05) is 18.6 Å². The minimum absolute atomic E-state index is 0.0117. The van der Waals surface area contributed by atoms with Crippen LogP contribution in [0.25, 0.3) is 0 Å². The van der Waals surface area contributed by atoms with Crippen molar-refractivity contribution in [3.8, 4) is 0 Å². The van der Waals surface area contributed by atoms with E-state index in [2.05, 4.69) is 4.90 Å². The van der Waals surface area contributed by atoms with Crippen molar-refractivity contribution in [3.05, 3.63) is 35.6 Å². The van der Waals surface area contributed by atoms with Gasteiger partial charge in [0.05, 0.1) is 17.6 Å². The van der Waals surface area contributed by atoms with Gasteiger partial charge in [0.25, 0.3) is 0 Å². The normalized spacial score (nSPS) is 26.1. The fourth-order valence-electron chi connectivity index (χ4n) is 3.03. The summed E-state index contributed by atoms with van der Waals surface area (Å²) in [5.41, 5.74) is 0.669. The third-order valence-corrected chi connectivity index (χ3v) is 6.08. The van der Waals surface area contributed by atoms with Gasteiger partial charge in [0.15, 0.2) is 9.84 Å². The largest absolute Gasteiger partial charge is 0.387 e. The molecule has 2 fully saturated rings. The maximum Gasteiger partial charge on any atom is 0.151 e. The molecule has 0 bridgehead atoms. The van der Waals surface area contributed by atoms with E-state index >= 15 is 0 Å². The lowest BCUT2D eigenvalue weighted by Crippen LogP contribution is -2.40. The second-order valence-corrected chi connectivity index (χ2v) is 8.28. The number of halogens is 1. The standard InChI is InChI=1S/C15H20FNO3S/c16-12-3-1-11(2-4-12)15(18)9-17(13-5-6-13)14-7-8-21(19,20)10-14/h1-4,13-15,18H,5-10H2. The molecular weight excluding hydrogens is 293 g/mol. The van der Waals surface area contributed by atoms with Crippen molar-refractivity contribution in [2.45, 2.75) is 37.5 Å². The number of sulfone groups is 1. The first-order valence-electron chi connectivity index (χ1n) is 7.34. The van der Waals surface area contributed by atoms with Crippen LogP contribution in [0.3, 0.4) is 0 Å². The molecule has 6 heteroatoms. The lowest BCUT2D eigenvalue weighted by molar-refractivity contribution is 0.0873. The Hall–Kier alpha value is -0.980. The smallest absolute Gasteiger partial charge is 0.151 e. The molecule has 2 aliphatic rings. The van der Waals surface area contributed by atoms with Gasteiger partial charge in [-0.3, -0.25) is 4.90 Å². The fourth-order valence-corrected chi connectivity index (χ4v) is 4.77. The van der Waals surface area contributed by atoms with Crippen molar-refractivity contribution in [1.29, 1.82) is 0 Å². The molecule has 2 atom stereocenters. The Balaban J connectivity index is 1.69. The predicted molar refractivity (Wildman–Crippen MR) is 78.1 cm³/mol. The summed E-state index contributed by atoms with van der Waals surface area (Å²) in [5, 5.41) is 10.3. The van der Waals surface area contributed by atoms with E-state index in [1.165, 1.54) is 12.1 Å². The molecule has 4 nitrogen and oxygen atoms in total. The van der Waals surface area contributed by atoms with Gasteiger partial charge >= 0.3 is 0 Å². The minimum Gasteiger partial charge on any atom is -0.387 e. The van der Waals surface area contributed by atoms with Crippen LogP contribution < -0.4 is 0 Å². The number of nitrogens with zero attached hydrogens (tertiary/aromatic N) is 1. The van der Waals surface area contributed by atoms with Crippen molar-refractivity contribution in [1.82, 2.24) is 4.90 Å². The Morgan fingerprint density at radius 2 is 1.86 bits per heavy atom. The van der Waals surface area contributed by atoms with E-state index in [1.807, 2.05) is 0 Å². The van der Waals surface area contributed by atoms with E-state index in [-0.39, 0.29) is 23.4 Å². The molecule has 1 aromatic carbocycles. The highest BCUT2D eigenvalue weighted by molar-refractivity contribution is 7.91. The minimum atomic E-state index is -2.93. The molecule has 1 aliphatic carbocycles. The summed E-state index contributed by atoms with van der Waals surface area (Å²) in [5.74, 6) is 0.111. The molecule has 1 N–H and O–H groups in total. The molecule has 1 aromatic rings. The molecule has 1 aliphatic heterocycles. The van der Waals surface area contributed by atoms with Crippen LogP contribution in [0.5, 0.6) is 0 Å². The second kappa shape index (κ2) is 5.66. The maximum absolute atomic E-state index is 12.9. The third-order valence-electron chi connectivity index (χ3n) is 4.33. The molecule has 3 rings (SSSR count). The molecule has 0 aromatic heterocycles. The lowest BCUT2D eigenvalue weighted by Gasteiger charge is -2.30. The first kappa shape index (κ1) is 14.9. The SMILES string of the molecule is O=S1(=O)CCC(N(CC(O)c2ccc(F)cc2)C2CC2)C1.